The summed E-state index contributed by atoms with van der Waals surface area (Å²) in [6, 6.07) is 7.62. The molecular weight excluding hydrogens is 304 g/mol. The third-order valence-electron chi connectivity index (χ3n) is 4.45. The second kappa shape index (κ2) is 6.59. The summed E-state index contributed by atoms with van der Waals surface area (Å²) in [4.78, 5) is 31.0. The van der Waals surface area contributed by atoms with E-state index < -0.39 is 12.1 Å². The van der Waals surface area contributed by atoms with E-state index in [2.05, 4.69) is 0 Å². The largest absolute Gasteiger partial charge is 0.449 e. The molecule has 0 N–H and O–H groups in total. The lowest BCUT2D eigenvalue weighted by molar-refractivity contribution is -0.137. The lowest BCUT2D eigenvalue weighted by Gasteiger charge is -2.22. The Labute approximate surface area is 141 Å². The number of hydrogen-bond acceptors (Lipinski definition) is 4. The average molecular weight is 326 g/mol. The fourth-order valence-electron chi connectivity index (χ4n) is 3.24. The number of para-hydroxylation sites is 1. The summed E-state index contributed by atoms with van der Waals surface area (Å²) in [5.41, 5.74) is 3.35. The number of hydrogen-bond donors (Lipinski definition) is 0. The first kappa shape index (κ1) is 16.4. The molecule has 126 valence electrons. The molecule has 0 radical (unpaired) electrons. The number of nitrogens with zero attached hydrogens (tertiary/aromatic N) is 2. The van der Waals surface area contributed by atoms with Crippen molar-refractivity contribution in [2.24, 2.45) is 0 Å². The van der Waals surface area contributed by atoms with E-state index >= 15 is 0 Å². The molecule has 5 heteroatoms. The van der Waals surface area contributed by atoms with Gasteiger partial charge in [-0.05, 0) is 44.2 Å². The van der Waals surface area contributed by atoms with Crippen molar-refractivity contribution < 1.29 is 14.3 Å². The third-order valence-corrected chi connectivity index (χ3v) is 4.45. The molecule has 1 atom stereocenters. The van der Waals surface area contributed by atoms with E-state index in [1.54, 1.807) is 21.0 Å². The van der Waals surface area contributed by atoms with Crippen LogP contribution in [0.4, 0.5) is 0 Å². The predicted octanol–water partition coefficient (Wildman–Crippen LogP) is 2.75. The van der Waals surface area contributed by atoms with Crippen LogP contribution in [-0.2, 0) is 22.4 Å². The Morgan fingerprint density at radius 3 is 2.62 bits per heavy atom. The standard InChI is InChI=1S/C19H22N2O3/c1-12(18(22)21(2)3)24-19(23)17-13-8-4-6-10-15(13)20-16-11-7-5-9-14(16)17/h4,6,8,10,12H,5,7,9,11H2,1-3H3/t12-/m1/s1. The number of likely N-dealkylation sites (N-methyl/N-ethyl adjacent to an activating group) is 1. The fourth-order valence-corrected chi connectivity index (χ4v) is 3.24. The van der Waals surface area contributed by atoms with Gasteiger partial charge in [0.15, 0.2) is 6.10 Å². The molecule has 0 fully saturated rings. The van der Waals surface area contributed by atoms with Crippen LogP contribution >= 0.6 is 0 Å². The van der Waals surface area contributed by atoms with Crippen LogP contribution < -0.4 is 0 Å². The van der Waals surface area contributed by atoms with E-state index in [0.29, 0.717) is 5.56 Å². The number of aryl methyl sites for hydroxylation is 1. The Hall–Kier alpha value is -2.43. The van der Waals surface area contributed by atoms with Crippen molar-refractivity contribution in [1.82, 2.24) is 9.88 Å². The minimum atomic E-state index is -0.807. The highest BCUT2D eigenvalue weighted by molar-refractivity contribution is 6.05. The topological polar surface area (TPSA) is 59.5 Å². The van der Waals surface area contributed by atoms with Crippen molar-refractivity contribution in [3.8, 4) is 0 Å². The van der Waals surface area contributed by atoms with Crippen molar-refractivity contribution in [2.75, 3.05) is 14.1 Å². The molecule has 0 bridgehead atoms. The lowest BCUT2D eigenvalue weighted by Crippen LogP contribution is -2.35. The average Bonchev–Trinajstić information content (AvgIpc) is 2.58. The summed E-state index contributed by atoms with van der Waals surface area (Å²) in [5.74, 6) is -0.662. The van der Waals surface area contributed by atoms with E-state index in [0.717, 1.165) is 47.8 Å². The van der Waals surface area contributed by atoms with Gasteiger partial charge in [0.05, 0.1) is 11.1 Å². The van der Waals surface area contributed by atoms with Gasteiger partial charge in [-0.1, -0.05) is 18.2 Å². The highest BCUT2D eigenvalue weighted by Gasteiger charge is 2.26. The minimum Gasteiger partial charge on any atom is -0.449 e. The smallest absolute Gasteiger partial charge is 0.339 e. The number of pyridine rings is 1. The minimum absolute atomic E-state index is 0.226. The summed E-state index contributed by atoms with van der Waals surface area (Å²) in [6.45, 7) is 1.61. The molecule has 1 heterocycles. The molecule has 5 nitrogen and oxygen atoms in total. The van der Waals surface area contributed by atoms with Gasteiger partial charge >= 0.3 is 5.97 Å². The molecule has 1 amide bonds. The molecule has 1 aliphatic carbocycles. The van der Waals surface area contributed by atoms with E-state index in [1.807, 2.05) is 24.3 Å². The highest BCUT2D eigenvalue weighted by Crippen LogP contribution is 2.30. The molecule has 24 heavy (non-hydrogen) atoms. The normalized spacial score (nSPS) is 14.8. The number of fused-ring (bicyclic) bond motifs is 2. The summed E-state index contributed by atoms with van der Waals surface area (Å²) in [6.07, 6.45) is 3.03. The van der Waals surface area contributed by atoms with Gasteiger partial charge < -0.3 is 9.64 Å². The number of esters is 1. The molecular formula is C19H22N2O3. The molecule has 1 aromatic heterocycles. The number of carbonyl (C=O) groups excluding carboxylic acids is 2. The first-order valence-electron chi connectivity index (χ1n) is 8.31. The highest BCUT2D eigenvalue weighted by atomic mass is 16.5. The molecule has 0 unspecified atom stereocenters. The van der Waals surface area contributed by atoms with Crippen molar-refractivity contribution in [2.45, 2.75) is 38.7 Å². The number of amides is 1. The summed E-state index contributed by atoms with van der Waals surface area (Å²) < 4.78 is 5.48. The lowest BCUT2D eigenvalue weighted by atomic mass is 9.90. The number of rotatable bonds is 3. The van der Waals surface area contributed by atoms with Crippen LogP contribution in [-0.4, -0.2) is 42.0 Å². The quantitative estimate of drug-likeness (QED) is 0.814. The number of benzene rings is 1. The molecule has 0 spiro atoms. The Balaban J connectivity index is 2.04. The van der Waals surface area contributed by atoms with E-state index in [1.165, 1.54) is 4.90 Å². The van der Waals surface area contributed by atoms with Crippen molar-refractivity contribution in [1.29, 1.82) is 0 Å². The van der Waals surface area contributed by atoms with Gasteiger partial charge in [0.1, 0.15) is 0 Å². The Morgan fingerprint density at radius 2 is 1.88 bits per heavy atom. The third kappa shape index (κ3) is 2.98. The van der Waals surface area contributed by atoms with E-state index in [4.69, 9.17) is 9.72 Å². The molecule has 3 rings (SSSR count). The van der Waals surface area contributed by atoms with Gasteiger partial charge in [-0.25, -0.2) is 4.79 Å². The van der Waals surface area contributed by atoms with Crippen LogP contribution in [0.5, 0.6) is 0 Å². The Kier molecular flexibility index (Phi) is 4.51. The predicted molar refractivity (Wildman–Crippen MR) is 92.0 cm³/mol. The number of ether oxygens (including phenoxy) is 1. The fraction of sp³-hybridized carbons (Fsp3) is 0.421. The maximum absolute atomic E-state index is 12.8. The molecule has 0 saturated heterocycles. The molecule has 1 aromatic carbocycles. The zero-order chi connectivity index (χ0) is 17.3. The first-order chi connectivity index (χ1) is 11.5. The van der Waals surface area contributed by atoms with Crippen LogP contribution in [0.25, 0.3) is 10.9 Å². The van der Waals surface area contributed by atoms with Gasteiger partial charge in [0, 0.05) is 25.2 Å². The van der Waals surface area contributed by atoms with Gasteiger partial charge in [-0.2, -0.15) is 0 Å². The Morgan fingerprint density at radius 1 is 1.17 bits per heavy atom. The van der Waals surface area contributed by atoms with Gasteiger partial charge in [-0.15, -0.1) is 0 Å². The van der Waals surface area contributed by atoms with Gasteiger partial charge in [-0.3, -0.25) is 9.78 Å². The molecule has 1 aliphatic rings. The molecule has 0 aliphatic heterocycles. The summed E-state index contributed by atoms with van der Waals surface area (Å²) in [5, 5.41) is 0.799. The summed E-state index contributed by atoms with van der Waals surface area (Å²) >= 11 is 0. The maximum atomic E-state index is 12.8. The number of carbonyl (C=O) groups is 2. The van der Waals surface area contributed by atoms with Crippen LogP contribution in [0.2, 0.25) is 0 Å². The Bertz CT molecular complexity index is 799. The van der Waals surface area contributed by atoms with Crippen molar-refractivity contribution >= 4 is 22.8 Å². The first-order valence-corrected chi connectivity index (χ1v) is 8.31. The van der Waals surface area contributed by atoms with E-state index in [9.17, 15) is 9.59 Å². The van der Waals surface area contributed by atoms with Crippen LogP contribution in [0.1, 0.15) is 41.4 Å². The second-order valence-corrected chi connectivity index (χ2v) is 6.42. The number of aromatic nitrogens is 1. The zero-order valence-corrected chi connectivity index (χ0v) is 14.3. The molecule has 0 saturated carbocycles. The maximum Gasteiger partial charge on any atom is 0.339 e. The van der Waals surface area contributed by atoms with Crippen molar-refractivity contribution in [3.05, 3.63) is 41.1 Å². The SMILES string of the molecule is C[C@@H](OC(=O)c1c2c(nc3ccccc13)CCCC2)C(=O)N(C)C. The van der Waals surface area contributed by atoms with Crippen LogP contribution in [0.15, 0.2) is 24.3 Å². The summed E-state index contributed by atoms with van der Waals surface area (Å²) in [7, 11) is 3.30. The van der Waals surface area contributed by atoms with Gasteiger partial charge in [0.2, 0.25) is 0 Å². The second-order valence-electron chi connectivity index (χ2n) is 6.42. The van der Waals surface area contributed by atoms with Crippen LogP contribution in [0, 0.1) is 0 Å². The van der Waals surface area contributed by atoms with E-state index in [-0.39, 0.29) is 5.91 Å². The van der Waals surface area contributed by atoms with Gasteiger partial charge in [0.25, 0.3) is 5.91 Å². The van der Waals surface area contributed by atoms with Crippen molar-refractivity contribution in [3.63, 3.8) is 0 Å². The van der Waals surface area contributed by atoms with Crippen LogP contribution in [0.3, 0.4) is 0 Å². The molecule has 2 aromatic rings. The zero-order valence-electron chi connectivity index (χ0n) is 14.3. The monoisotopic (exact) mass is 326 g/mol.